The number of nitrogens with two attached hydrogens (primary N) is 1. The first-order valence-electron chi connectivity index (χ1n) is 6.92. The third-order valence-corrected chi connectivity index (χ3v) is 4.63. The molecule has 2 rings (SSSR count). The van der Waals surface area contributed by atoms with Crippen LogP contribution in [0.3, 0.4) is 0 Å². The molecule has 1 fully saturated rings. The average molecular weight is 315 g/mol. The number of sulfonamides is 1. The second-order valence-electron chi connectivity index (χ2n) is 5.30. The van der Waals surface area contributed by atoms with Crippen LogP contribution < -0.4 is 10.5 Å². The molecule has 0 aromatic carbocycles. The minimum absolute atomic E-state index is 0.0626. The van der Waals surface area contributed by atoms with Crippen molar-refractivity contribution in [1.82, 2.24) is 9.88 Å². The molecule has 1 aromatic heterocycles. The van der Waals surface area contributed by atoms with Gasteiger partial charge in [-0.1, -0.05) is 6.42 Å². The fraction of sp³-hybridized carbons (Fsp3) is 0.615. The molecule has 21 heavy (non-hydrogen) atoms. The van der Waals surface area contributed by atoms with Crippen molar-refractivity contribution in [3.05, 3.63) is 18.0 Å². The molecule has 0 radical (unpaired) electrons. The Kier molecular flexibility index (Phi) is 5.02. The number of carbonyl (C=O) groups is 1. The minimum Gasteiger partial charge on any atom is -0.383 e. The van der Waals surface area contributed by atoms with Crippen LogP contribution in [0.4, 0.5) is 0 Å². The van der Waals surface area contributed by atoms with Crippen LogP contribution in [0.1, 0.15) is 29.8 Å². The summed E-state index contributed by atoms with van der Waals surface area (Å²) in [4.78, 5) is 12.1. The molecule has 0 atom stereocenters. The zero-order chi connectivity index (χ0) is 15.5. The van der Waals surface area contributed by atoms with Crippen molar-refractivity contribution in [3.8, 4) is 0 Å². The normalized spacial score (nSPS) is 15.7. The summed E-state index contributed by atoms with van der Waals surface area (Å²) in [5, 5.41) is 7.96. The monoisotopic (exact) mass is 315 g/mol. The first-order valence-corrected chi connectivity index (χ1v) is 8.46. The lowest BCUT2D eigenvalue weighted by molar-refractivity contribution is 0.0927. The highest BCUT2D eigenvalue weighted by molar-refractivity contribution is 7.89. The van der Waals surface area contributed by atoms with E-state index in [1.165, 1.54) is 18.7 Å². The van der Waals surface area contributed by atoms with Crippen LogP contribution in [0.25, 0.3) is 0 Å². The van der Waals surface area contributed by atoms with Crippen molar-refractivity contribution < 1.29 is 17.9 Å². The summed E-state index contributed by atoms with van der Waals surface area (Å²) in [6.45, 7) is 1.39. The van der Waals surface area contributed by atoms with E-state index >= 15 is 0 Å². The second kappa shape index (κ2) is 6.59. The fourth-order valence-electron chi connectivity index (χ4n) is 2.23. The van der Waals surface area contributed by atoms with Gasteiger partial charge in [0.15, 0.2) is 0 Å². The van der Waals surface area contributed by atoms with Crippen LogP contribution in [0.5, 0.6) is 0 Å². The van der Waals surface area contributed by atoms with Gasteiger partial charge in [-0.2, -0.15) is 0 Å². The molecule has 8 heteroatoms. The summed E-state index contributed by atoms with van der Waals surface area (Å²) in [6, 6.07) is 1.31. The van der Waals surface area contributed by atoms with Gasteiger partial charge in [0.1, 0.15) is 10.6 Å². The van der Waals surface area contributed by atoms with Gasteiger partial charge in [-0.3, -0.25) is 4.79 Å². The van der Waals surface area contributed by atoms with Gasteiger partial charge in [0.05, 0.1) is 6.61 Å². The molecule has 1 aromatic rings. The van der Waals surface area contributed by atoms with Crippen molar-refractivity contribution in [2.75, 3.05) is 20.3 Å². The van der Waals surface area contributed by atoms with Crippen molar-refractivity contribution in [2.45, 2.75) is 30.7 Å². The van der Waals surface area contributed by atoms with Gasteiger partial charge in [-0.15, -0.1) is 0 Å². The number of ether oxygens (including phenoxy) is 1. The van der Waals surface area contributed by atoms with E-state index in [1.807, 2.05) is 0 Å². The Hall–Kier alpha value is -1.38. The Bertz CT molecular complexity index is 605. The largest absolute Gasteiger partial charge is 0.383 e. The Morgan fingerprint density at radius 3 is 2.76 bits per heavy atom. The number of nitrogens with one attached hydrogen (secondary N) is 1. The number of rotatable bonds is 7. The first kappa shape index (κ1) is 16.0. The number of carbonyl (C=O) groups excluding carboxylic acids is 1. The summed E-state index contributed by atoms with van der Waals surface area (Å²) in [6.07, 6.45) is 4.84. The molecule has 3 N–H and O–H groups in total. The standard InChI is InChI=1S/C13H21N3O4S/c1-20-6-5-16-9-11(21(14,18)19)7-12(16)13(17)15-8-10-3-2-4-10/h7,9-10H,2-6,8H2,1H3,(H,15,17)(H2,14,18,19). The van der Waals surface area contributed by atoms with Gasteiger partial charge >= 0.3 is 0 Å². The molecule has 1 aliphatic carbocycles. The third kappa shape index (κ3) is 4.05. The predicted octanol–water partition coefficient (Wildman–Crippen LogP) is 0.312. The van der Waals surface area contributed by atoms with Crippen LogP contribution >= 0.6 is 0 Å². The van der Waals surface area contributed by atoms with Crippen molar-refractivity contribution >= 4 is 15.9 Å². The van der Waals surface area contributed by atoms with Gasteiger partial charge in [0, 0.05) is 26.4 Å². The van der Waals surface area contributed by atoms with Gasteiger partial charge < -0.3 is 14.6 Å². The third-order valence-electron chi connectivity index (χ3n) is 3.75. The zero-order valence-electron chi connectivity index (χ0n) is 12.0. The van der Waals surface area contributed by atoms with E-state index in [-0.39, 0.29) is 16.5 Å². The quantitative estimate of drug-likeness (QED) is 0.756. The molecular weight excluding hydrogens is 294 g/mol. The van der Waals surface area contributed by atoms with Crippen LogP contribution in [0.15, 0.2) is 17.2 Å². The summed E-state index contributed by atoms with van der Waals surface area (Å²) in [5.74, 6) is 0.252. The molecule has 0 aliphatic heterocycles. The topological polar surface area (TPSA) is 103 Å². The molecule has 1 aliphatic rings. The minimum atomic E-state index is -3.83. The van der Waals surface area contributed by atoms with E-state index in [9.17, 15) is 13.2 Å². The number of aromatic nitrogens is 1. The number of nitrogens with zero attached hydrogens (tertiary/aromatic N) is 1. The lowest BCUT2D eigenvalue weighted by Crippen LogP contribution is -2.33. The lowest BCUT2D eigenvalue weighted by atomic mass is 9.85. The maximum Gasteiger partial charge on any atom is 0.267 e. The maximum atomic E-state index is 12.2. The number of hydrogen-bond donors (Lipinski definition) is 2. The van der Waals surface area contributed by atoms with Gasteiger partial charge in [-0.05, 0) is 24.8 Å². The highest BCUT2D eigenvalue weighted by Gasteiger charge is 2.21. The highest BCUT2D eigenvalue weighted by Crippen LogP contribution is 2.25. The number of primary sulfonamides is 1. The van der Waals surface area contributed by atoms with E-state index in [0.717, 1.165) is 12.8 Å². The average Bonchev–Trinajstić information content (AvgIpc) is 2.78. The Labute approximate surface area is 124 Å². The molecule has 7 nitrogen and oxygen atoms in total. The second-order valence-corrected chi connectivity index (χ2v) is 6.86. The van der Waals surface area contributed by atoms with Gasteiger partial charge in [0.2, 0.25) is 10.0 Å². The number of methoxy groups -OCH3 is 1. The van der Waals surface area contributed by atoms with Crippen LogP contribution in [-0.4, -0.2) is 39.2 Å². The number of amides is 1. The predicted molar refractivity (Wildman–Crippen MR) is 77.4 cm³/mol. The van der Waals surface area contributed by atoms with E-state index in [2.05, 4.69) is 5.32 Å². The fourth-order valence-corrected chi connectivity index (χ4v) is 2.78. The zero-order valence-corrected chi connectivity index (χ0v) is 12.9. The molecule has 0 bridgehead atoms. The molecule has 1 saturated carbocycles. The molecule has 0 unspecified atom stereocenters. The Morgan fingerprint density at radius 1 is 1.52 bits per heavy atom. The van der Waals surface area contributed by atoms with Crippen LogP contribution in [-0.2, 0) is 21.3 Å². The lowest BCUT2D eigenvalue weighted by Gasteiger charge is -2.25. The summed E-state index contributed by atoms with van der Waals surface area (Å²) < 4.78 is 29.4. The van der Waals surface area contributed by atoms with E-state index in [0.29, 0.717) is 25.6 Å². The maximum absolute atomic E-state index is 12.2. The summed E-state index contributed by atoms with van der Waals surface area (Å²) >= 11 is 0. The van der Waals surface area contributed by atoms with Crippen molar-refractivity contribution in [2.24, 2.45) is 11.1 Å². The van der Waals surface area contributed by atoms with E-state index in [4.69, 9.17) is 9.88 Å². The number of hydrogen-bond acceptors (Lipinski definition) is 4. The van der Waals surface area contributed by atoms with Crippen molar-refractivity contribution in [3.63, 3.8) is 0 Å². The van der Waals surface area contributed by atoms with Crippen molar-refractivity contribution in [1.29, 1.82) is 0 Å². The van der Waals surface area contributed by atoms with Gasteiger partial charge in [-0.25, -0.2) is 13.6 Å². The molecule has 1 amide bonds. The van der Waals surface area contributed by atoms with Crippen LogP contribution in [0, 0.1) is 5.92 Å². The molecule has 118 valence electrons. The van der Waals surface area contributed by atoms with E-state index < -0.39 is 10.0 Å². The molecule has 0 saturated heterocycles. The summed E-state index contributed by atoms with van der Waals surface area (Å²) in [7, 11) is -2.29. The SMILES string of the molecule is COCCn1cc(S(N)(=O)=O)cc1C(=O)NCC1CCC1. The first-order chi connectivity index (χ1) is 9.91. The van der Waals surface area contributed by atoms with Crippen LogP contribution in [0.2, 0.25) is 0 Å². The molecular formula is C13H21N3O4S. The molecule has 1 heterocycles. The summed E-state index contributed by atoms with van der Waals surface area (Å²) in [5.41, 5.74) is 0.287. The smallest absolute Gasteiger partial charge is 0.267 e. The molecule has 0 spiro atoms. The Morgan fingerprint density at radius 2 is 2.24 bits per heavy atom. The Balaban J connectivity index is 2.13. The van der Waals surface area contributed by atoms with E-state index in [1.54, 1.807) is 11.7 Å². The highest BCUT2D eigenvalue weighted by atomic mass is 32.2. The van der Waals surface area contributed by atoms with Gasteiger partial charge in [0.25, 0.3) is 5.91 Å².